The maximum absolute atomic E-state index is 12.8. The molecule has 3 heterocycles. The molecule has 0 unspecified atom stereocenters. The first kappa shape index (κ1) is 17.2. The van der Waals surface area contributed by atoms with Gasteiger partial charge in [-0.15, -0.1) is 0 Å². The third-order valence-electron chi connectivity index (χ3n) is 4.82. The maximum Gasteiger partial charge on any atom is 0.274 e. The molecule has 1 amide bonds. The highest BCUT2D eigenvalue weighted by molar-refractivity contribution is 7.91. The molecule has 3 rings (SSSR count). The number of carbonyl (C=O) groups excluding carboxylic acids is 1. The number of H-pyrrole nitrogens is 1. The largest absolute Gasteiger partial charge is 0.348 e. The van der Waals surface area contributed by atoms with Crippen LogP contribution in [0.15, 0.2) is 18.0 Å². The first-order chi connectivity index (χ1) is 11.3. The van der Waals surface area contributed by atoms with Crippen LogP contribution in [-0.4, -0.2) is 77.3 Å². The summed E-state index contributed by atoms with van der Waals surface area (Å²) in [6, 6.07) is -0.430. The molecule has 0 aliphatic carbocycles. The van der Waals surface area contributed by atoms with Gasteiger partial charge >= 0.3 is 0 Å². The zero-order valence-electron chi connectivity index (χ0n) is 14.3. The van der Waals surface area contributed by atoms with Gasteiger partial charge in [-0.1, -0.05) is 11.6 Å². The summed E-state index contributed by atoms with van der Waals surface area (Å²) in [6.45, 7) is 7.79. The van der Waals surface area contributed by atoms with Crippen LogP contribution in [0.5, 0.6) is 0 Å². The van der Waals surface area contributed by atoms with E-state index in [2.05, 4.69) is 20.9 Å². The Kier molecular flexibility index (Phi) is 4.52. The lowest BCUT2D eigenvalue weighted by Gasteiger charge is -2.43. The van der Waals surface area contributed by atoms with Crippen LogP contribution < -0.4 is 0 Å². The molecular weight excluding hydrogens is 328 g/mol. The third-order valence-corrected chi connectivity index (χ3v) is 6.52. The van der Waals surface area contributed by atoms with Crippen molar-refractivity contribution in [1.82, 2.24) is 19.8 Å². The van der Waals surface area contributed by atoms with E-state index in [9.17, 15) is 13.2 Å². The monoisotopic (exact) mass is 352 g/mol. The highest BCUT2D eigenvalue weighted by Crippen LogP contribution is 2.28. The van der Waals surface area contributed by atoms with Crippen LogP contribution in [0.3, 0.4) is 0 Å². The fraction of sp³-hybridized carbons (Fsp3) is 0.625. The molecule has 2 fully saturated rings. The van der Waals surface area contributed by atoms with Gasteiger partial charge in [-0.25, -0.2) is 13.4 Å². The summed E-state index contributed by atoms with van der Waals surface area (Å²) in [4.78, 5) is 23.7. The Morgan fingerprint density at radius 1 is 1.33 bits per heavy atom. The molecule has 0 aromatic carbocycles. The average molecular weight is 352 g/mol. The SMILES string of the molecule is CC(C)=CCN1CCN(C(=O)c2nc[nH]c2C)[C@H]2CS(=O)(=O)C[C@H]21. The van der Waals surface area contributed by atoms with E-state index in [1.54, 1.807) is 11.8 Å². The number of nitrogens with one attached hydrogen (secondary N) is 1. The molecule has 0 spiro atoms. The van der Waals surface area contributed by atoms with Crippen LogP contribution in [0.2, 0.25) is 0 Å². The van der Waals surface area contributed by atoms with Crippen molar-refractivity contribution in [3.63, 3.8) is 0 Å². The quantitative estimate of drug-likeness (QED) is 0.806. The van der Waals surface area contributed by atoms with Crippen molar-refractivity contribution in [2.24, 2.45) is 0 Å². The molecule has 2 saturated heterocycles. The molecule has 1 N–H and O–H groups in total. The number of fused-ring (bicyclic) bond motifs is 1. The fourth-order valence-electron chi connectivity index (χ4n) is 3.51. The van der Waals surface area contributed by atoms with Gasteiger partial charge in [-0.05, 0) is 20.8 Å². The third kappa shape index (κ3) is 3.25. The molecule has 2 aliphatic heterocycles. The number of hydrogen-bond acceptors (Lipinski definition) is 5. The van der Waals surface area contributed by atoms with E-state index in [0.29, 0.717) is 24.5 Å². The minimum absolute atomic E-state index is 0.0399. The Labute approximate surface area is 142 Å². The molecule has 132 valence electrons. The van der Waals surface area contributed by atoms with Gasteiger partial charge in [0, 0.05) is 31.4 Å². The first-order valence-electron chi connectivity index (χ1n) is 8.17. The van der Waals surface area contributed by atoms with Crippen LogP contribution in [0, 0.1) is 6.92 Å². The van der Waals surface area contributed by atoms with E-state index in [-0.39, 0.29) is 29.5 Å². The summed E-state index contributed by atoms with van der Waals surface area (Å²) in [6.07, 6.45) is 3.61. The number of aromatic amines is 1. The zero-order valence-corrected chi connectivity index (χ0v) is 15.1. The predicted octanol–water partition coefficient (Wildman–Crippen LogP) is 0.608. The normalized spacial score (nSPS) is 26.2. The summed E-state index contributed by atoms with van der Waals surface area (Å²) in [5, 5.41) is 0. The van der Waals surface area contributed by atoms with Gasteiger partial charge in [0.25, 0.3) is 5.91 Å². The summed E-state index contributed by atoms with van der Waals surface area (Å²) in [7, 11) is -3.13. The molecule has 24 heavy (non-hydrogen) atoms. The van der Waals surface area contributed by atoms with Gasteiger partial charge in [0.2, 0.25) is 0 Å². The molecule has 1 aromatic heterocycles. The maximum atomic E-state index is 12.8. The summed E-state index contributed by atoms with van der Waals surface area (Å²) < 4.78 is 24.4. The molecule has 0 saturated carbocycles. The Morgan fingerprint density at radius 3 is 2.67 bits per heavy atom. The van der Waals surface area contributed by atoms with Crippen LogP contribution in [0.4, 0.5) is 0 Å². The molecule has 7 nitrogen and oxygen atoms in total. The van der Waals surface area contributed by atoms with Crippen molar-refractivity contribution in [2.75, 3.05) is 31.1 Å². The topological polar surface area (TPSA) is 86.4 Å². The minimum Gasteiger partial charge on any atom is -0.348 e. The predicted molar refractivity (Wildman–Crippen MR) is 91.6 cm³/mol. The average Bonchev–Trinajstić information content (AvgIpc) is 3.05. The van der Waals surface area contributed by atoms with Crippen LogP contribution in [0.1, 0.15) is 30.0 Å². The van der Waals surface area contributed by atoms with Crippen molar-refractivity contribution in [1.29, 1.82) is 0 Å². The van der Waals surface area contributed by atoms with E-state index >= 15 is 0 Å². The Bertz CT molecular complexity index is 764. The standard InChI is InChI=1S/C16H24N4O3S/c1-11(2)4-5-19-6-7-20(14-9-24(22,23)8-13(14)19)16(21)15-12(3)17-10-18-15/h4,10,13-14H,5-9H2,1-3H3,(H,17,18)/t13-,14+/m1/s1. The van der Waals surface area contributed by atoms with Crippen LogP contribution >= 0.6 is 0 Å². The van der Waals surface area contributed by atoms with Crippen molar-refractivity contribution in [3.05, 3.63) is 29.4 Å². The van der Waals surface area contributed by atoms with Crippen molar-refractivity contribution < 1.29 is 13.2 Å². The van der Waals surface area contributed by atoms with Crippen molar-refractivity contribution in [2.45, 2.75) is 32.9 Å². The number of allylic oxidation sites excluding steroid dienone is 1. The van der Waals surface area contributed by atoms with E-state index < -0.39 is 9.84 Å². The van der Waals surface area contributed by atoms with Crippen LogP contribution in [-0.2, 0) is 9.84 Å². The van der Waals surface area contributed by atoms with Gasteiger partial charge in [0.05, 0.1) is 23.9 Å². The Balaban J connectivity index is 1.86. The number of imidazole rings is 1. The van der Waals surface area contributed by atoms with Gasteiger partial charge in [-0.3, -0.25) is 9.69 Å². The Hall–Kier alpha value is -1.67. The number of rotatable bonds is 3. The number of hydrogen-bond donors (Lipinski definition) is 1. The molecule has 0 radical (unpaired) electrons. The second-order valence-corrected chi connectivity index (χ2v) is 9.02. The summed E-state index contributed by atoms with van der Waals surface area (Å²) in [5.41, 5.74) is 2.30. The first-order valence-corrected chi connectivity index (χ1v) is 9.99. The van der Waals surface area contributed by atoms with Crippen LogP contribution in [0.25, 0.3) is 0 Å². The number of aromatic nitrogens is 2. The fourth-order valence-corrected chi connectivity index (χ4v) is 5.53. The number of sulfone groups is 1. The number of amides is 1. The molecule has 2 aliphatic rings. The smallest absolute Gasteiger partial charge is 0.274 e. The lowest BCUT2D eigenvalue weighted by atomic mass is 10.0. The molecule has 0 bridgehead atoms. The molecule has 8 heteroatoms. The molecular formula is C16H24N4O3S. The number of nitrogens with zero attached hydrogens (tertiary/aromatic N) is 3. The van der Waals surface area contributed by atoms with E-state index in [4.69, 9.17) is 0 Å². The number of aryl methyl sites for hydroxylation is 1. The number of carbonyl (C=O) groups is 1. The lowest BCUT2D eigenvalue weighted by Crippen LogP contribution is -2.60. The summed E-state index contributed by atoms with van der Waals surface area (Å²) >= 11 is 0. The summed E-state index contributed by atoms with van der Waals surface area (Å²) in [5.74, 6) is -0.0155. The zero-order chi connectivity index (χ0) is 17.5. The second-order valence-electron chi connectivity index (χ2n) is 6.86. The Morgan fingerprint density at radius 2 is 2.04 bits per heavy atom. The van der Waals surface area contributed by atoms with E-state index in [1.807, 2.05) is 13.8 Å². The van der Waals surface area contributed by atoms with Gasteiger partial charge < -0.3 is 9.88 Å². The van der Waals surface area contributed by atoms with Crippen molar-refractivity contribution in [3.8, 4) is 0 Å². The van der Waals surface area contributed by atoms with Gasteiger partial charge in [0.15, 0.2) is 9.84 Å². The van der Waals surface area contributed by atoms with E-state index in [0.717, 1.165) is 6.54 Å². The van der Waals surface area contributed by atoms with Crippen molar-refractivity contribution >= 4 is 15.7 Å². The van der Waals surface area contributed by atoms with Gasteiger partial charge in [-0.2, -0.15) is 0 Å². The highest BCUT2D eigenvalue weighted by Gasteiger charge is 2.48. The molecule has 1 aromatic rings. The second kappa shape index (κ2) is 6.33. The minimum atomic E-state index is -3.13. The lowest BCUT2D eigenvalue weighted by molar-refractivity contribution is 0.0363. The molecule has 2 atom stereocenters. The van der Waals surface area contributed by atoms with Gasteiger partial charge in [0.1, 0.15) is 5.69 Å². The number of piperazine rings is 1. The van der Waals surface area contributed by atoms with E-state index in [1.165, 1.54) is 11.9 Å². The highest BCUT2D eigenvalue weighted by atomic mass is 32.2.